The molecule has 1 saturated carbocycles. The van der Waals surface area contributed by atoms with E-state index in [1.807, 2.05) is 24.3 Å². The van der Waals surface area contributed by atoms with Crippen molar-refractivity contribution in [2.45, 2.75) is 38.5 Å². The van der Waals surface area contributed by atoms with Crippen LogP contribution in [-0.2, 0) is 9.59 Å². The maximum absolute atomic E-state index is 12.3. The van der Waals surface area contributed by atoms with Gasteiger partial charge in [0.2, 0.25) is 11.8 Å². The van der Waals surface area contributed by atoms with Gasteiger partial charge in [-0.05, 0) is 61.4 Å². The quantitative estimate of drug-likeness (QED) is 0.494. The van der Waals surface area contributed by atoms with Crippen LogP contribution in [0.15, 0.2) is 59.0 Å². The van der Waals surface area contributed by atoms with Crippen LogP contribution in [0.3, 0.4) is 0 Å². The zero-order valence-corrected chi connectivity index (χ0v) is 16.6. The van der Waals surface area contributed by atoms with E-state index in [0.29, 0.717) is 41.3 Å². The van der Waals surface area contributed by atoms with E-state index in [9.17, 15) is 9.59 Å². The lowest BCUT2D eigenvalue weighted by atomic mass is 10.0. The Morgan fingerprint density at radius 2 is 1.90 bits per heavy atom. The monoisotopic (exact) mass is 390 g/mol. The predicted molar refractivity (Wildman–Crippen MR) is 114 cm³/mol. The van der Waals surface area contributed by atoms with Gasteiger partial charge in [-0.2, -0.15) is 0 Å². The first-order chi connectivity index (χ1) is 14.1. The first-order valence-electron chi connectivity index (χ1n) is 10.2. The fourth-order valence-corrected chi connectivity index (χ4v) is 3.71. The Kier molecular flexibility index (Phi) is 5.65. The van der Waals surface area contributed by atoms with Gasteiger partial charge in [0, 0.05) is 18.4 Å². The molecule has 3 unspecified atom stereocenters. The molecule has 3 atom stereocenters. The molecule has 2 N–H and O–H groups in total. The molecule has 29 heavy (non-hydrogen) atoms. The van der Waals surface area contributed by atoms with E-state index in [-0.39, 0.29) is 11.8 Å². The Balaban J connectivity index is 1.34. The van der Waals surface area contributed by atoms with Crippen LogP contribution < -0.4 is 10.6 Å². The summed E-state index contributed by atoms with van der Waals surface area (Å²) in [7, 11) is 0. The second-order valence-electron chi connectivity index (χ2n) is 7.95. The van der Waals surface area contributed by atoms with Crippen LogP contribution in [0, 0.1) is 11.8 Å². The molecule has 0 aliphatic heterocycles. The van der Waals surface area contributed by atoms with Gasteiger partial charge in [-0.1, -0.05) is 31.2 Å². The van der Waals surface area contributed by atoms with Crippen molar-refractivity contribution >= 4 is 29.3 Å². The number of rotatable bonds is 7. The van der Waals surface area contributed by atoms with Crippen molar-refractivity contribution in [2.75, 3.05) is 10.6 Å². The average Bonchev–Trinajstić information content (AvgIpc) is 3.10. The number of hydrogen-bond donors (Lipinski definition) is 2. The number of nitrogens with one attached hydrogen (secondary N) is 2. The summed E-state index contributed by atoms with van der Waals surface area (Å²) in [5, 5.41) is 5.75. The van der Waals surface area contributed by atoms with Gasteiger partial charge < -0.3 is 15.1 Å². The molecule has 1 heterocycles. The highest BCUT2D eigenvalue weighted by Gasteiger charge is 2.36. The maximum Gasteiger partial charge on any atom is 0.248 e. The zero-order chi connectivity index (χ0) is 20.2. The van der Waals surface area contributed by atoms with Crippen molar-refractivity contribution < 1.29 is 14.0 Å². The molecule has 150 valence electrons. The van der Waals surface area contributed by atoms with Crippen LogP contribution in [0.4, 0.5) is 11.4 Å². The number of carbonyl (C=O) groups excluding carboxylic acids is 2. The molecular weight excluding hydrogens is 364 g/mol. The summed E-state index contributed by atoms with van der Waals surface area (Å²) in [5.41, 5.74) is 1.17. The van der Waals surface area contributed by atoms with Crippen LogP contribution >= 0.6 is 0 Å². The molecule has 0 saturated heterocycles. The number of para-hydroxylation sites is 2. The second kappa shape index (κ2) is 8.52. The van der Waals surface area contributed by atoms with E-state index < -0.39 is 0 Å². The fourth-order valence-electron chi connectivity index (χ4n) is 3.71. The standard InChI is InChI=1S/C24H26N2O3/c1-16-14-19(16)22-12-10-18(29-22)11-13-23(27)25-20-8-4-5-9-21(20)26-24(28)15-17-6-2-3-7-17/h2,4-6,8-13,16-17,19H,3,7,14-15H2,1H3,(H,25,27)(H,26,28). The van der Waals surface area contributed by atoms with Crippen LogP contribution in [-0.4, -0.2) is 11.8 Å². The number of allylic oxidation sites excluding steroid dienone is 2. The van der Waals surface area contributed by atoms with Gasteiger partial charge in [0.05, 0.1) is 11.4 Å². The number of amides is 2. The summed E-state index contributed by atoms with van der Waals surface area (Å²) >= 11 is 0. The third-order valence-electron chi connectivity index (χ3n) is 5.54. The SMILES string of the molecule is CC1CC1c1ccc(C=CC(=O)Nc2ccccc2NC(=O)CC2C=CCC2)o1. The van der Waals surface area contributed by atoms with E-state index in [1.165, 1.54) is 6.08 Å². The summed E-state index contributed by atoms with van der Waals surface area (Å²) in [6.07, 6.45) is 11.0. The molecule has 2 amide bonds. The van der Waals surface area contributed by atoms with E-state index in [2.05, 4.69) is 29.7 Å². The highest BCUT2D eigenvalue weighted by atomic mass is 16.3. The van der Waals surface area contributed by atoms with Crippen molar-refractivity contribution in [3.05, 3.63) is 66.1 Å². The van der Waals surface area contributed by atoms with Gasteiger partial charge in [-0.25, -0.2) is 0 Å². The third-order valence-corrected chi connectivity index (χ3v) is 5.54. The fraction of sp³-hybridized carbons (Fsp3) is 0.333. The Labute approximate surface area is 170 Å². The molecule has 0 radical (unpaired) electrons. The van der Waals surface area contributed by atoms with Crippen molar-refractivity contribution in [3.8, 4) is 0 Å². The lowest BCUT2D eigenvalue weighted by Gasteiger charge is -2.12. The number of anilines is 2. The Bertz CT molecular complexity index is 957. The van der Waals surface area contributed by atoms with Gasteiger partial charge >= 0.3 is 0 Å². The predicted octanol–water partition coefficient (Wildman–Crippen LogP) is 5.35. The van der Waals surface area contributed by atoms with E-state index in [4.69, 9.17) is 4.42 Å². The van der Waals surface area contributed by atoms with Crippen LogP contribution in [0.2, 0.25) is 0 Å². The van der Waals surface area contributed by atoms with Gasteiger partial charge in [0.15, 0.2) is 0 Å². The first-order valence-corrected chi connectivity index (χ1v) is 10.2. The van der Waals surface area contributed by atoms with Crippen LogP contribution in [0.25, 0.3) is 6.08 Å². The molecule has 2 aliphatic rings. The summed E-state index contributed by atoms with van der Waals surface area (Å²) < 4.78 is 5.79. The Morgan fingerprint density at radius 1 is 1.14 bits per heavy atom. The molecule has 1 aromatic carbocycles. The molecule has 0 spiro atoms. The molecule has 5 heteroatoms. The Hall–Kier alpha value is -3.08. The summed E-state index contributed by atoms with van der Waals surface area (Å²) in [4.78, 5) is 24.7. The maximum atomic E-state index is 12.3. The van der Waals surface area contributed by atoms with Gasteiger partial charge in [0.1, 0.15) is 11.5 Å². The summed E-state index contributed by atoms with van der Waals surface area (Å²) in [6, 6.07) is 11.1. The van der Waals surface area contributed by atoms with E-state index in [1.54, 1.807) is 18.2 Å². The largest absolute Gasteiger partial charge is 0.461 e. The number of furan rings is 1. The highest BCUT2D eigenvalue weighted by Crippen LogP contribution is 2.47. The van der Waals surface area contributed by atoms with Crippen LogP contribution in [0.5, 0.6) is 0 Å². The molecule has 1 aromatic heterocycles. The third kappa shape index (κ3) is 5.05. The zero-order valence-electron chi connectivity index (χ0n) is 16.6. The molecule has 1 fully saturated rings. The first kappa shape index (κ1) is 19.2. The summed E-state index contributed by atoms with van der Waals surface area (Å²) in [5.74, 6) is 2.83. The number of carbonyl (C=O) groups is 2. The van der Waals surface area contributed by atoms with Crippen molar-refractivity contribution in [2.24, 2.45) is 11.8 Å². The molecular formula is C24H26N2O3. The van der Waals surface area contributed by atoms with Crippen molar-refractivity contribution in [3.63, 3.8) is 0 Å². The average molecular weight is 390 g/mol. The van der Waals surface area contributed by atoms with Gasteiger partial charge in [-0.3, -0.25) is 9.59 Å². The number of hydrogen-bond acceptors (Lipinski definition) is 3. The second-order valence-corrected chi connectivity index (χ2v) is 7.95. The van der Waals surface area contributed by atoms with E-state index in [0.717, 1.165) is 25.0 Å². The molecule has 2 aromatic rings. The molecule has 5 nitrogen and oxygen atoms in total. The van der Waals surface area contributed by atoms with E-state index >= 15 is 0 Å². The van der Waals surface area contributed by atoms with Crippen molar-refractivity contribution in [1.29, 1.82) is 0 Å². The normalized spacial score (nSPS) is 22.7. The smallest absolute Gasteiger partial charge is 0.248 e. The van der Waals surface area contributed by atoms with Crippen LogP contribution in [0.1, 0.15) is 50.0 Å². The lowest BCUT2D eigenvalue weighted by molar-refractivity contribution is -0.117. The molecule has 4 rings (SSSR count). The minimum atomic E-state index is -0.275. The lowest BCUT2D eigenvalue weighted by Crippen LogP contribution is -2.17. The minimum absolute atomic E-state index is 0.0452. The number of benzene rings is 1. The topological polar surface area (TPSA) is 71.3 Å². The highest BCUT2D eigenvalue weighted by molar-refractivity contribution is 6.05. The Morgan fingerprint density at radius 3 is 2.59 bits per heavy atom. The minimum Gasteiger partial charge on any atom is -0.461 e. The molecule has 0 bridgehead atoms. The van der Waals surface area contributed by atoms with Gasteiger partial charge in [-0.15, -0.1) is 0 Å². The molecule has 2 aliphatic carbocycles. The van der Waals surface area contributed by atoms with Gasteiger partial charge in [0.25, 0.3) is 0 Å². The van der Waals surface area contributed by atoms with Crippen molar-refractivity contribution in [1.82, 2.24) is 0 Å². The summed E-state index contributed by atoms with van der Waals surface area (Å²) in [6.45, 7) is 2.21.